The molecule has 168 valence electrons. The molecule has 0 aliphatic rings. The highest BCUT2D eigenvalue weighted by Gasteiger charge is 2.29. The average Bonchev–Trinajstić information content (AvgIpc) is 2.75. The first kappa shape index (κ1) is 24.5. The van der Waals surface area contributed by atoms with Crippen LogP contribution in [-0.4, -0.2) is 42.2 Å². The van der Waals surface area contributed by atoms with Gasteiger partial charge in [-0.2, -0.15) is 12.6 Å². The van der Waals surface area contributed by atoms with Crippen molar-refractivity contribution < 1.29 is 33.3 Å². The third-order valence-electron chi connectivity index (χ3n) is 4.35. The van der Waals surface area contributed by atoms with Crippen LogP contribution < -0.4 is 5.32 Å². The number of aromatic hydroxyl groups is 1. The molecule has 0 aliphatic carbocycles. The van der Waals surface area contributed by atoms with E-state index in [-0.39, 0.29) is 31.0 Å². The van der Waals surface area contributed by atoms with Crippen molar-refractivity contribution in [2.24, 2.45) is 0 Å². The Morgan fingerprint density at radius 3 is 2.52 bits per heavy atom. The standard InChI is InChI=1S/C22H26FNO6S/c1-3-28-19(10-11-29-20(26)13-31)21(15-6-9-18(25)17(23)12-15)30-22(27)24-16-7-4-14(2)5-8-16/h4-9,12,19,21,25,31H,3,10-11,13H2,1-2H3,(H,24,27)/t19-,21-/m1/s1. The molecule has 0 unspecified atom stereocenters. The molecule has 2 aromatic carbocycles. The normalized spacial score (nSPS) is 12.6. The van der Waals surface area contributed by atoms with Crippen LogP contribution in [0.25, 0.3) is 0 Å². The number of hydrogen-bond donors (Lipinski definition) is 3. The lowest BCUT2D eigenvalue weighted by molar-refractivity contribution is -0.142. The van der Waals surface area contributed by atoms with Gasteiger partial charge in [0, 0.05) is 18.7 Å². The molecule has 0 aliphatic heterocycles. The minimum absolute atomic E-state index is 0.00403. The Morgan fingerprint density at radius 1 is 1.19 bits per heavy atom. The quantitative estimate of drug-likeness (QED) is 0.366. The first-order chi connectivity index (χ1) is 14.8. The number of aryl methyl sites for hydroxylation is 1. The molecular weight excluding hydrogens is 425 g/mol. The van der Waals surface area contributed by atoms with Crippen molar-refractivity contribution in [1.82, 2.24) is 0 Å². The van der Waals surface area contributed by atoms with Crippen molar-refractivity contribution >= 4 is 30.4 Å². The number of nitrogens with one attached hydrogen (secondary N) is 1. The number of hydrogen-bond acceptors (Lipinski definition) is 7. The Balaban J connectivity index is 2.22. The third kappa shape index (κ3) is 7.76. The van der Waals surface area contributed by atoms with Crippen molar-refractivity contribution in [3.8, 4) is 5.75 Å². The zero-order chi connectivity index (χ0) is 22.8. The predicted octanol–water partition coefficient (Wildman–Crippen LogP) is 4.40. The van der Waals surface area contributed by atoms with Gasteiger partial charge in [0.15, 0.2) is 17.7 Å². The summed E-state index contributed by atoms with van der Waals surface area (Å²) in [5.41, 5.74) is 1.85. The number of thiol groups is 1. The summed E-state index contributed by atoms with van der Waals surface area (Å²) in [4.78, 5) is 23.9. The molecular formula is C22H26FNO6S. The molecule has 0 saturated carbocycles. The largest absolute Gasteiger partial charge is 0.505 e. The van der Waals surface area contributed by atoms with Gasteiger partial charge in [0.2, 0.25) is 0 Å². The number of benzene rings is 2. The van der Waals surface area contributed by atoms with E-state index in [1.165, 1.54) is 12.1 Å². The van der Waals surface area contributed by atoms with Crippen molar-refractivity contribution in [1.29, 1.82) is 0 Å². The van der Waals surface area contributed by atoms with E-state index in [1.54, 1.807) is 19.1 Å². The number of amides is 1. The number of ether oxygens (including phenoxy) is 3. The van der Waals surface area contributed by atoms with E-state index < -0.39 is 35.8 Å². The van der Waals surface area contributed by atoms with Crippen LogP contribution >= 0.6 is 12.6 Å². The highest BCUT2D eigenvalue weighted by molar-refractivity contribution is 7.81. The number of rotatable bonds is 10. The Morgan fingerprint density at radius 2 is 1.90 bits per heavy atom. The second kappa shape index (κ2) is 12.2. The number of carbonyl (C=O) groups is 2. The molecule has 2 atom stereocenters. The molecule has 0 spiro atoms. The highest BCUT2D eigenvalue weighted by atomic mass is 32.1. The molecule has 0 saturated heterocycles. The van der Waals surface area contributed by atoms with E-state index in [2.05, 4.69) is 17.9 Å². The Kier molecular flexibility index (Phi) is 9.61. The van der Waals surface area contributed by atoms with Gasteiger partial charge in [0.05, 0.1) is 12.4 Å². The zero-order valence-electron chi connectivity index (χ0n) is 17.3. The molecule has 9 heteroatoms. The summed E-state index contributed by atoms with van der Waals surface area (Å²) >= 11 is 3.85. The van der Waals surface area contributed by atoms with Gasteiger partial charge in [-0.3, -0.25) is 10.1 Å². The van der Waals surface area contributed by atoms with Crippen LogP contribution in [0.1, 0.15) is 30.6 Å². The maximum atomic E-state index is 14.0. The van der Waals surface area contributed by atoms with Gasteiger partial charge in [-0.05, 0) is 43.7 Å². The van der Waals surface area contributed by atoms with Gasteiger partial charge in [-0.25, -0.2) is 9.18 Å². The molecule has 0 radical (unpaired) electrons. The molecule has 2 rings (SSSR count). The summed E-state index contributed by atoms with van der Waals surface area (Å²) < 4.78 is 30.3. The van der Waals surface area contributed by atoms with Crippen molar-refractivity contribution in [2.75, 3.05) is 24.3 Å². The maximum absolute atomic E-state index is 14.0. The number of carbonyl (C=O) groups excluding carboxylic acids is 2. The summed E-state index contributed by atoms with van der Waals surface area (Å²) in [6.07, 6.45) is -2.32. The second-order valence-corrected chi connectivity index (χ2v) is 7.01. The van der Waals surface area contributed by atoms with Crippen LogP contribution in [0.3, 0.4) is 0 Å². The lowest BCUT2D eigenvalue weighted by Crippen LogP contribution is -2.30. The van der Waals surface area contributed by atoms with Crippen LogP contribution in [0.4, 0.5) is 14.9 Å². The molecule has 7 nitrogen and oxygen atoms in total. The van der Waals surface area contributed by atoms with E-state index in [0.29, 0.717) is 5.69 Å². The molecule has 2 aromatic rings. The summed E-state index contributed by atoms with van der Waals surface area (Å²) in [5.74, 6) is -1.95. The van der Waals surface area contributed by atoms with E-state index in [1.807, 2.05) is 19.1 Å². The predicted molar refractivity (Wildman–Crippen MR) is 117 cm³/mol. The molecule has 0 heterocycles. The Labute approximate surface area is 185 Å². The van der Waals surface area contributed by atoms with Crippen molar-refractivity contribution in [2.45, 2.75) is 32.5 Å². The molecule has 2 N–H and O–H groups in total. The fraction of sp³-hybridized carbons (Fsp3) is 0.364. The zero-order valence-corrected chi connectivity index (χ0v) is 18.2. The van der Waals surface area contributed by atoms with E-state index in [4.69, 9.17) is 14.2 Å². The molecule has 31 heavy (non-hydrogen) atoms. The van der Waals surface area contributed by atoms with Crippen molar-refractivity contribution in [3.05, 3.63) is 59.4 Å². The molecule has 0 aromatic heterocycles. The average molecular weight is 452 g/mol. The first-order valence-corrected chi connectivity index (χ1v) is 10.4. The van der Waals surface area contributed by atoms with Gasteiger partial charge in [0.25, 0.3) is 0 Å². The lowest BCUT2D eigenvalue weighted by Gasteiger charge is -2.27. The summed E-state index contributed by atoms with van der Waals surface area (Å²) in [7, 11) is 0. The van der Waals surface area contributed by atoms with E-state index in [0.717, 1.165) is 11.6 Å². The Bertz CT molecular complexity index is 877. The number of anilines is 1. The van der Waals surface area contributed by atoms with Crippen LogP contribution in [-0.2, 0) is 19.0 Å². The summed E-state index contributed by atoms with van der Waals surface area (Å²) in [6, 6.07) is 10.8. The number of phenolic OH excluding ortho intramolecular Hbond substituents is 1. The molecule has 0 bridgehead atoms. The molecule has 0 fully saturated rings. The first-order valence-electron chi connectivity index (χ1n) is 9.74. The van der Waals surface area contributed by atoms with Crippen LogP contribution in [0.2, 0.25) is 0 Å². The van der Waals surface area contributed by atoms with Gasteiger partial charge in [-0.1, -0.05) is 23.8 Å². The number of esters is 1. The van der Waals surface area contributed by atoms with Gasteiger partial charge >= 0.3 is 12.1 Å². The minimum Gasteiger partial charge on any atom is -0.505 e. The Hall–Kier alpha value is -2.78. The smallest absolute Gasteiger partial charge is 0.412 e. The van der Waals surface area contributed by atoms with Gasteiger partial charge in [-0.15, -0.1) is 0 Å². The second-order valence-electron chi connectivity index (χ2n) is 6.69. The summed E-state index contributed by atoms with van der Waals surface area (Å²) in [6.45, 7) is 3.97. The van der Waals surface area contributed by atoms with Gasteiger partial charge < -0.3 is 19.3 Å². The van der Waals surface area contributed by atoms with Crippen LogP contribution in [0, 0.1) is 12.7 Å². The topological polar surface area (TPSA) is 94.1 Å². The number of phenols is 1. The van der Waals surface area contributed by atoms with Gasteiger partial charge in [0.1, 0.15) is 6.10 Å². The van der Waals surface area contributed by atoms with E-state index >= 15 is 0 Å². The number of halogens is 1. The van der Waals surface area contributed by atoms with Crippen LogP contribution in [0.15, 0.2) is 42.5 Å². The lowest BCUT2D eigenvalue weighted by atomic mass is 10.0. The minimum atomic E-state index is -1.02. The fourth-order valence-corrected chi connectivity index (χ4v) is 2.92. The molecule has 1 amide bonds. The highest BCUT2D eigenvalue weighted by Crippen LogP contribution is 2.29. The SMILES string of the molecule is CCO[C@H](CCOC(=O)CS)[C@H](OC(=O)Nc1ccc(C)cc1)c1ccc(O)c(F)c1. The van der Waals surface area contributed by atoms with E-state index in [9.17, 15) is 19.1 Å². The maximum Gasteiger partial charge on any atom is 0.412 e. The third-order valence-corrected chi connectivity index (χ3v) is 4.60. The monoisotopic (exact) mass is 451 g/mol. The fourth-order valence-electron chi connectivity index (χ4n) is 2.83. The summed E-state index contributed by atoms with van der Waals surface area (Å²) in [5, 5.41) is 12.1. The van der Waals surface area contributed by atoms with Crippen LogP contribution in [0.5, 0.6) is 5.75 Å². The van der Waals surface area contributed by atoms with Crippen molar-refractivity contribution in [3.63, 3.8) is 0 Å².